The Kier molecular flexibility index (Phi) is 8.62. The Labute approximate surface area is 214 Å². The number of carbonyl (C=O) groups excluding carboxylic acids is 3. The first kappa shape index (κ1) is 30.0. The Morgan fingerprint density at radius 2 is 1.38 bits per heavy atom. The fourth-order valence-corrected chi connectivity index (χ4v) is 3.51. The Balaban J connectivity index is 2.57. The van der Waals surface area contributed by atoms with Gasteiger partial charge in [-0.25, -0.2) is 9.59 Å². The van der Waals surface area contributed by atoms with E-state index in [4.69, 9.17) is 23.2 Å². The molecule has 3 N–H and O–H groups in total. The zero-order valence-electron chi connectivity index (χ0n) is 18.6. The normalized spacial score (nSPS) is 15.1. The van der Waals surface area contributed by atoms with Gasteiger partial charge in [0.1, 0.15) is 0 Å². The summed E-state index contributed by atoms with van der Waals surface area (Å²) in [6.45, 7) is 0. The lowest BCUT2D eigenvalue weighted by Gasteiger charge is -2.35. The van der Waals surface area contributed by atoms with E-state index in [0.29, 0.717) is 38.5 Å². The third-order valence-electron chi connectivity index (χ3n) is 4.92. The molecule has 0 bridgehead atoms. The summed E-state index contributed by atoms with van der Waals surface area (Å²) < 4.78 is 91.2. The molecule has 0 saturated carbocycles. The van der Waals surface area contributed by atoms with Crippen LogP contribution in [0.1, 0.15) is 15.9 Å². The van der Waals surface area contributed by atoms with Crippen molar-refractivity contribution in [1.82, 2.24) is 5.32 Å². The minimum Gasteiger partial charge on any atom is -0.466 e. The van der Waals surface area contributed by atoms with Gasteiger partial charge in [-0.1, -0.05) is 35.3 Å². The Hall–Kier alpha value is -3.23. The van der Waals surface area contributed by atoms with E-state index in [0.717, 1.165) is 18.2 Å². The van der Waals surface area contributed by atoms with Crippen LogP contribution in [0.3, 0.4) is 0 Å². The van der Waals surface area contributed by atoms with E-state index in [9.17, 15) is 45.8 Å². The molecule has 0 spiro atoms. The van der Waals surface area contributed by atoms with Crippen LogP contribution in [-0.4, -0.2) is 55.2 Å². The predicted molar refractivity (Wildman–Crippen MR) is 117 cm³/mol. The van der Waals surface area contributed by atoms with E-state index in [-0.39, 0.29) is 10.0 Å². The number of anilines is 1. The molecule has 2 aromatic carbocycles. The number of hydrogen-bond donors (Lipinski definition) is 3. The van der Waals surface area contributed by atoms with Crippen molar-refractivity contribution in [2.75, 3.05) is 19.5 Å². The average Bonchev–Trinajstić information content (AvgIpc) is 2.80. The molecule has 0 radical (unpaired) electrons. The van der Waals surface area contributed by atoms with Gasteiger partial charge in [0.15, 0.2) is 0 Å². The zero-order chi connectivity index (χ0) is 28.4. The summed E-state index contributed by atoms with van der Waals surface area (Å²) in [5, 5.41) is 12.9. The first-order chi connectivity index (χ1) is 16.9. The van der Waals surface area contributed by atoms with Crippen molar-refractivity contribution in [2.24, 2.45) is 0 Å². The largest absolute Gasteiger partial charge is 0.466 e. The lowest BCUT2D eigenvalue weighted by molar-refractivity contribution is -0.266. The molecular formula is C21H16Cl2F6N2O6. The quantitative estimate of drug-likeness (QED) is 0.257. The summed E-state index contributed by atoms with van der Waals surface area (Å²) in [6.07, 6.45) is -11.2. The summed E-state index contributed by atoms with van der Waals surface area (Å²) in [5.74, 6) is -5.65. The first-order valence-electron chi connectivity index (χ1n) is 9.63. The van der Waals surface area contributed by atoms with E-state index in [1.165, 1.54) is 5.32 Å². The van der Waals surface area contributed by atoms with E-state index in [1.54, 1.807) is 5.32 Å². The number of rotatable bonds is 7. The van der Waals surface area contributed by atoms with Gasteiger partial charge in [-0.05, 0) is 30.3 Å². The number of alkyl halides is 6. The lowest BCUT2D eigenvalue weighted by atomic mass is 9.93. The van der Waals surface area contributed by atoms with Crippen molar-refractivity contribution in [3.63, 3.8) is 0 Å². The number of amides is 1. The molecule has 0 aliphatic heterocycles. The monoisotopic (exact) mass is 576 g/mol. The topological polar surface area (TPSA) is 114 Å². The number of benzene rings is 2. The van der Waals surface area contributed by atoms with Gasteiger partial charge in [-0.15, -0.1) is 0 Å². The van der Waals surface area contributed by atoms with Crippen molar-refractivity contribution in [1.29, 1.82) is 0 Å². The minimum atomic E-state index is -5.59. The molecule has 0 unspecified atom stereocenters. The molecule has 16 heteroatoms. The second kappa shape index (κ2) is 10.6. The van der Waals surface area contributed by atoms with Gasteiger partial charge >= 0.3 is 30.0 Å². The molecule has 0 saturated heterocycles. The molecule has 2 rings (SSSR count). The number of carbonyl (C=O) groups is 3. The third-order valence-corrected chi connectivity index (χ3v) is 5.47. The molecule has 37 heavy (non-hydrogen) atoms. The summed E-state index contributed by atoms with van der Waals surface area (Å²) in [5.41, 5.74) is -10.4. The maximum absolute atomic E-state index is 14.2. The van der Waals surface area contributed by atoms with Gasteiger partial charge in [0.2, 0.25) is 0 Å². The molecule has 2 aromatic rings. The van der Waals surface area contributed by atoms with Gasteiger partial charge in [-0.3, -0.25) is 4.79 Å². The molecule has 0 aliphatic rings. The Morgan fingerprint density at radius 3 is 1.81 bits per heavy atom. The van der Waals surface area contributed by atoms with Crippen molar-refractivity contribution in [3.8, 4) is 0 Å². The van der Waals surface area contributed by atoms with Crippen LogP contribution in [0.15, 0.2) is 42.5 Å². The molecule has 0 fully saturated rings. The second-order valence-electron chi connectivity index (χ2n) is 7.22. The molecule has 8 nitrogen and oxygen atoms in total. The van der Waals surface area contributed by atoms with E-state index in [2.05, 4.69) is 9.47 Å². The fourth-order valence-electron chi connectivity index (χ4n) is 3.01. The molecule has 0 aliphatic carbocycles. The van der Waals surface area contributed by atoms with Gasteiger partial charge in [0.05, 0.1) is 24.8 Å². The average molecular weight is 577 g/mol. The van der Waals surface area contributed by atoms with Crippen molar-refractivity contribution in [2.45, 2.75) is 23.6 Å². The van der Waals surface area contributed by atoms with E-state index in [1.807, 2.05) is 0 Å². The number of nitrogens with one attached hydrogen (secondary N) is 2. The molecule has 202 valence electrons. The van der Waals surface area contributed by atoms with Crippen LogP contribution in [0.5, 0.6) is 0 Å². The minimum absolute atomic E-state index is 0.0561. The van der Waals surface area contributed by atoms with Crippen LogP contribution in [0.25, 0.3) is 0 Å². The number of ether oxygens (including phenoxy) is 2. The van der Waals surface area contributed by atoms with Crippen LogP contribution < -0.4 is 10.6 Å². The van der Waals surface area contributed by atoms with Crippen LogP contribution in [0.2, 0.25) is 10.0 Å². The fraction of sp³-hybridized carbons (Fsp3) is 0.286. The van der Waals surface area contributed by atoms with Crippen molar-refractivity contribution >= 4 is 46.7 Å². The summed E-state index contributed by atoms with van der Waals surface area (Å²) >= 11 is 11.6. The maximum atomic E-state index is 14.2. The summed E-state index contributed by atoms with van der Waals surface area (Å²) in [7, 11) is 1.17. The van der Waals surface area contributed by atoms with Gasteiger partial charge in [0.25, 0.3) is 11.5 Å². The highest BCUT2D eigenvalue weighted by molar-refractivity contribution is 6.36. The van der Waals surface area contributed by atoms with Crippen molar-refractivity contribution < 1.29 is 55.3 Å². The Morgan fingerprint density at radius 1 is 0.838 bits per heavy atom. The van der Waals surface area contributed by atoms with Gasteiger partial charge in [0, 0.05) is 16.3 Å². The number of esters is 2. The molecular weight excluding hydrogens is 561 g/mol. The lowest BCUT2D eigenvalue weighted by Crippen LogP contribution is -2.69. The maximum Gasteiger partial charge on any atom is 0.441 e. The number of aliphatic hydroxyl groups is 1. The standard InChI is InChI=1S/C21H16Cl2F6N2O6/c1-36-16(33)18(35,20(24,25)26)10-3-6-12(7-4-10)30-19(17(34)37-2,21(27,28)29)31-15(32)13-8-5-11(22)9-14(13)23/h3-9,30,35H,1-2H3,(H,31,32)/t18-,19+/m1/s1. The van der Waals surface area contributed by atoms with Crippen LogP contribution in [0, 0.1) is 0 Å². The highest BCUT2D eigenvalue weighted by Gasteiger charge is 2.64. The van der Waals surface area contributed by atoms with E-state index >= 15 is 0 Å². The SMILES string of the molecule is COC(=O)[C@@](NC(=O)c1ccc(Cl)cc1Cl)(Nc1ccc([C@@](O)(C(=O)OC)C(F)(F)F)cc1)C(F)(F)F. The number of hydrogen-bond acceptors (Lipinski definition) is 7. The molecule has 0 aromatic heterocycles. The van der Waals surface area contributed by atoms with Crippen LogP contribution in [0.4, 0.5) is 32.0 Å². The smallest absolute Gasteiger partial charge is 0.441 e. The van der Waals surface area contributed by atoms with Crippen LogP contribution in [-0.2, 0) is 24.7 Å². The highest BCUT2D eigenvalue weighted by Crippen LogP contribution is 2.41. The molecule has 1 amide bonds. The third kappa shape index (κ3) is 5.70. The van der Waals surface area contributed by atoms with Gasteiger partial charge in [-0.2, -0.15) is 26.3 Å². The van der Waals surface area contributed by atoms with E-state index < -0.39 is 58.3 Å². The number of halogens is 8. The van der Waals surface area contributed by atoms with Crippen LogP contribution >= 0.6 is 23.2 Å². The highest BCUT2D eigenvalue weighted by atomic mass is 35.5. The first-order valence-corrected chi connectivity index (χ1v) is 10.4. The number of methoxy groups -OCH3 is 2. The van der Waals surface area contributed by atoms with Gasteiger partial charge < -0.3 is 25.2 Å². The Bertz CT molecular complexity index is 1190. The predicted octanol–water partition coefficient (Wildman–Crippen LogP) is 4.19. The second-order valence-corrected chi connectivity index (χ2v) is 8.06. The zero-order valence-corrected chi connectivity index (χ0v) is 20.1. The molecule has 0 heterocycles. The van der Waals surface area contributed by atoms with Crippen molar-refractivity contribution in [3.05, 3.63) is 63.6 Å². The summed E-state index contributed by atoms with van der Waals surface area (Å²) in [6, 6.07) is 5.27. The molecule has 2 atom stereocenters. The summed E-state index contributed by atoms with van der Waals surface area (Å²) in [4.78, 5) is 36.7.